The number of furan rings is 1. The van der Waals surface area contributed by atoms with Crippen molar-refractivity contribution >= 4 is 76.3 Å². The minimum absolute atomic E-state index is 0.0309. The first kappa shape index (κ1) is 37.0. The Morgan fingerprint density at radius 2 is 1.11 bits per heavy atom. The molecule has 12 aromatic rings. The van der Waals surface area contributed by atoms with Gasteiger partial charge >= 0.3 is 0 Å². The number of nitrogens with zero attached hydrogens (tertiary/aromatic N) is 5. The van der Waals surface area contributed by atoms with Gasteiger partial charge in [0.25, 0.3) is 0 Å². The average Bonchev–Trinajstić information content (AvgIpc) is 3.96. The lowest BCUT2D eigenvalue weighted by atomic mass is 9.58. The fraction of sp³-hybridized carbons (Fsp3) is 0.155. The maximum atomic E-state index is 6.38. The van der Waals surface area contributed by atoms with Crippen LogP contribution in [0.5, 0.6) is 0 Å². The molecule has 1 aliphatic rings. The van der Waals surface area contributed by atoms with Crippen molar-refractivity contribution in [2.75, 3.05) is 0 Å². The topological polar surface area (TPSA) is 61.7 Å². The SMILES string of the molecule is CC1CC(C)(C)c2ccc(-n3c4ccccc4c4cc5c6cc7ccccc7cc6n(-c6nc(-c7ccccc7)nc(-c7ccc8c(c7)oc7ccccc78)n6)c5cc43)cc2C1(C)C. The number of benzene rings is 8. The summed E-state index contributed by atoms with van der Waals surface area (Å²) in [6, 6.07) is 58.8. The predicted octanol–water partition coefficient (Wildman–Crippen LogP) is 15.0. The molecular weight excluding hydrogens is 783 g/mol. The van der Waals surface area contributed by atoms with E-state index in [1.165, 1.54) is 44.9 Å². The molecule has 0 fully saturated rings. The second kappa shape index (κ2) is 13.2. The van der Waals surface area contributed by atoms with Gasteiger partial charge in [-0.3, -0.25) is 4.57 Å². The van der Waals surface area contributed by atoms with Gasteiger partial charge in [0.15, 0.2) is 11.6 Å². The molecule has 4 aromatic heterocycles. The van der Waals surface area contributed by atoms with Crippen LogP contribution in [0.25, 0.3) is 111 Å². The highest BCUT2D eigenvalue weighted by molar-refractivity contribution is 6.20. The molecule has 0 bridgehead atoms. The molecule has 4 heterocycles. The molecule has 0 N–H and O–H groups in total. The summed E-state index contributed by atoms with van der Waals surface area (Å²) in [7, 11) is 0. The third kappa shape index (κ3) is 5.35. The van der Waals surface area contributed by atoms with Crippen LogP contribution in [0.3, 0.4) is 0 Å². The zero-order chi connectivity index (χ0) is 43.1. The van der Waals surface area contributed by atoms with Crippen LogP contribution in [0.2, 0.25) is 0 Å². The second-order valence-corrected chi connectivity index (χ2v) is 19.2. The predicted molar refractivity (Wildman–Crippen MR) is 264 cm³/mol. The first-order valence-electron chi connectivity index (χ1n) is 22.4. The van der Waals surface area contributed by atoms with Crippen LogP contribution in [0.15, 0.2) is 168 Å². The molecule has 0 saturated heterocycles. The van der Waals surface area contributed by atoms with E-state index in [9.17, 15) is 0 Å². The Morgan fingerprint density at radius 3 is 1.94 bits per heavy atom. The fourth-order valence-electron chi connectivity index (χ4n) is 11.0. The summed E-state index contributed by atoms with van der Waals surface area (Å²) in [5.41, 5.74) is 12.0. The molecule has 1 atom stereocenters. The molecule has 0 amide bonds. The molecule has 1 unspecified atom stereocenters. The van der Waals surface area contributed by atoms with Gasteiger partial charge in [0.2, 0.25) is 5.95 Å². The number of para-hydroxylation sites is 2. The van der Waals surface area contributed by atoms with E-state index >= 15 is 0 Å². The molecule has 0 spiro atoms. The van der Waals surface area contributed by atoms with Crippen LogP contribution >= 0.6 is 0 Å². The molecule has 0 aliphatic heterocycles. The summed E-state index contributed by atoms with van der Waals surface area (Å²) in [5, 5.41) is 9.21. The van der Waals surface area contributed by atoms with Gasteiger partial charge < -0.3 is 8.98 Å². The normalized spacial score (nSPS) is 15.9. The minimum atomic E-state index is 0.0309. The van der Waals surface area contributed by atoms with E-state index in [1.54, 1.807) is 0 Å². The van der Waals surface area contributed by atoms with Gasteiger partial charge in [0.05, 0.1) is 22.1 Å². The summed E-state index contributed by atoms with van der Waals surface area (Å²) in [6.45, 7) is 12.1. The van der Waals surface area contributed by atoms with Gasteiger partial charge in [0.1, 0.15) is 11.2 Å². The van der Waals surface area contributed by atoms with Crippen LogP contribution in [0, 0.1) is 5.92 Å². The molecule has 6 heteroatoms. The third-order valence-corrected chi connectivity index (χ3v) is 14.7. The van der Waals surface area contributed by atoms with Crippen molar-refractivity contribution in [2.45, 2.75) is 51.9 Å². The summed E-state index contributed by atoms with van der Waals surface area (Å²) in [4.78, 5) is 15.9. The second-order valence-electron chi connectivity index (χ2n) is 19.2. The molecular formula is C58H45N5O. The lowest BCUT2D eigenvalue weighted by Crippen LogP contribution is -2.40. The van der Waals surface area contributed by atoms with Gasteiger partial charge in [-0.25, -0.2) is 4.98 Å². The van der Waals surface area contributed by atoms with Gasteiger partial charge in [-0.05, 0) is 106 Å². The van der Waals surface area contributed by atoms with Crippen LogP contribution in [-0.2, 0) is 10.8 Å². The Balaban J connectivity index is 1.12. The summed E-state index contributed by atoms with van der Waals surface area (Å²) in [6.07, 6.45) is 1.17. The number of hydrogen-bond donors (Lipinski definition) is 0. The van der Waals surface area contributed by atoms with Crippen molar-refractivity contribution in [3.05, 3.63) is 175 Å². The van der Waals surface area contributed by atoms with E-state index in [2.05, 4.69) is 171 Å². The number of aromatic nitrogens is 5. The highest BCUT2D eigenvalue weighted by atomic mass is 16.3. The van der Waals surface area contributed by atoms with Gasteiger partial charge in [0, 0.05) is 49.1 Å². The van der Waals surface area contributed by atoms with E-state index in [-0.39, 0.29) is 10.8 Å². The Morgan fingerprint density at radius 1 is 0.469 bits per heavy atom. The highest BCUT2D eigenvalue weighted by Crippen LogP contribution is 2.50. The maximum absolute atomic E-state index is 6.38. The minimum Gasteiger partial charge on any atom is -0.456 e. The molecule has 64 heavy (non-hydrogen) atoms. The van der Waals surface area contributed by atoms with Crippen LogP contribution in [0.4, 0.5) is 0 Å². The van der Waals surface area contributed by atoms with Crippen LogP contribution in [-0.4, -0.2) is 24.1 Å². The van der Waals surface area contributed by atoms with Crippen LogP contribution in [0.1, 0.15) is 52.2 Å². The van der Waals surface area contributed by atoms with E-state index in [0.717, 1.165) is 65.8 Å². The van der Waals surface area contributed by atoms with Crippen LogP contribution < -0.4 is 0 Å². The standard InChI is InChI=1S/C58H45N5O/c1-34-33-57(2,3)46-26-24-39(30-47(46)58(34,4)5)62-48-21-13-11-19-40(48)44-31-45-43-27-36-17-9-10-18-37(36)28-49(43)63(51(45)32-50(44)62)56-60-54(35-15-7-6-8-16-35)59-55(61-56)38-23-25-42-41-20-12-14-22-52(41)64-53(42)29-38/h6-32,34H,33H2,1-5H3. The average molecular weight is 828 g/mol. The number of hydrogen-bond acceptors (Lipinski definition) is 4. The Bertz CT molecular complexity index is 3900. The molecule has 13 rings (SSSR count). The molecule has 1 aliphatic carbocycles. The lowest BCUT2D eigenvalue weighted by molar-refractivity contribution is 0.233. The first-order valence-corrected chi connectivity index (χ1v) is 22.4. The summed E-state index contributed by atoms with van der Waals surface area (Å²) >= 11 is 0. The van der Waals surface area contributed by atoms with E-state index < -0.39 is 0 Å². The quantitative estimate of drug-likeness (QED) is 0.177. The maximum Gasteiger partial charge on any atom is 0.238 e. The molecule has 0 saturated carbocycles. The first-order chi connectivity index (χ1) is 31.1. The zero-order valence-corrected chi connectivity index (χ0v) is 36.5. The third-order valence-electron chi connectivity index (χ3n) is 14.7. The van der Waals surface area contributed by atoms with Crippen molar-refractivity contribution in [3.8, 4) is 34.4 Å². The number of fused-ring (bicyclic) bond motifs is 11. The summed E-state index contributed by atoms with van der Waals surface area (Å²) in [5.74, 6) is 2.27. The van der Waals surface area contributed by atoms with Crippen molar-refractivity contribution < 1.29 is 4.42 Å². The van der Waals surface area contributed by atoms with Crippen molar-refractivity contribution in [3.63, 3.8) is 0 Å². The monoisotopic (exact) mass is 827 g/mol. The molecule has 0 radical (unpaired) electrons. The lowest BCUT2D eigenvalue weighted by Gasteiger charge is -2.46. The molecule has 8 aromatic carbocycles. The number of rotatable bonds is 4. The smallest absolute Gasteiger partial charge is 0.238 e. The fourth-order valence-corrected chi connectivity index (χ4v) is 11.0. The van der Waals surface area contributed by atoms with E-state index in [4.69, 9.17) is 19.4 Å². The molecule has 6 nitrogen and oxygen atoms in total. The largest absolute Gasteiger partial charge is 0.456 e. The van der Waals surface area contributed by atoms with Crippen molar-refractivity contribution in [1.29, 1.82) is 0 Å². The zero-order valence-electron chi connectivity index (χ0n) is 36.5. The van der Waals surface area contributed by atoms with E-state index in [0.29, 0.717) is 23.5 Å². The van der Waals surface area contributed by atoms with Gasteiger partial charge in [-0.1, -0.05) is 138 Å². The Hall–Kier alpha value is -7.57. The van der Waals surface area contributed by atoms with Crippen molar-refractivity contribution in [2.24, 2.45) is 5.92 Å². The Kier molecular flexibility index (Phi) is 7.65. The van der Waals surface area contributed by atoms with Crippen molar-refractivity contribution in [1.82, 2.24) is 24.1 Å². The van der Waals surface area contributed by atoms with E-state index in [1.807, 2.05) is 36.4 Å². The highest BCUT2D eigenvalue weighted by Gasteiger charge is 2.42. The summed E-state index contributed by atoms with van der Waals surface area (Å²) < 4.78 is 11.1. The molecule has 308 valence electrons. The Labute approximate surface area is 370 Å². The van der Waals surface area contributed by atoms with Gasteiger partial charge in [-0.2, -0.15) is 9.97 Å². The van der Waals surface area contributed by atoms with Gasteiger partial charge in [-0.15, -0.1) is 0 Å².